The summed E-state index contributed by atoms with van der Waals surface area (Å²) in [6, 6.07) is 9.98. The summed E-state index contributed by atoms with van der Waals surface area (Å²) in [5.41, 5.74) is 0.00511. The Kier molecular flexibility index (Phi) is 5.37. The lowest BCUT2D eigenvalue weighted by Crippen LogP contribution is -2.41. The topological polar surface area (TPSA) is 55.6 Å². The zero-order chi connectivity index (χ0) is 18.0. The molecular formula is C18H27NO4Si. The smallest absolute Gasteiger partial charge is 0.411 e. The minimum absolute atomic E-state index is 0.280. The molecule has 1 fully saturated rings. The van der Waals surface area contributed by atoms with Crippen LogP contribution in [-0.2, 0) is 14.3 Å². The lowest BCUT2D eigenvalue weighted by molar-refractivity contribution is -0.147. The maximum absolute atomic E-state index is 12.9. The Labute approximate surface area is 144 Å². The van der Waals surface area contributed by atoms with Gasteiger partial charge in [-0.2, -0.15) is 0 Å². The predicted molar refractivity (Wildman–Crippen MR) is 95.6 cm³/mol. The van der Waals surface area contributed by atoms with Gasteiger partial charge >= 0.3 is 12.1 Å². The molecule has 1 aliphatic rings. The average molecular weight is 350 g/mol. The molecule has 0 spiro atoms. The van der Waals surface area contributed by atoms with E-state index in [4.69, 9.17) is 9.47 Å². The molecular weight excluding hydrogens is 322 g/mol. The molecule has 1 aromatic rings. The van der Waals surface area contributed by atoms with Gasteiger partial charge in [0, 0.05) is 8.07 Å². The first-order valence-corrected chi connectivity index (χ1v) is 12.2. The fraction of sp³-hybridized carbons (Fsp3) is 0.556. The van der Waals surface area contributed by atoms with Crippen LogP contribution >= 0.6 is 0 Å². The van der Waals surface area contributed by atoms with Gasteiger partial charge in [0.05, 0.1) is 19.3 Å². The van der Waals surface area contributed by atoms with Crippen molar-refractivity contribution in [2.75, 3.05) is 13.2 Å². The van der Waals surface area contributed by atoms with Gasteiger partial charge in [-0.05, 0) is 25.5 Å². The lowest BCUT2D eigenvalue weighted by atomic mass is 10.0. The van der Waals surface area contributed by atoms with E-state index in [1.807, 2.05) is 30.3 Å². The van der Waals surface area contributed by atoms with Gasteiger partial charge in [0.25, 0.3) is 0 Å². The number of ether oxygens (including phenoxy) is 2. The zero-order valence-electron chi connectivity index (χ0n) is 15.2. The number of benzene rings is 1. The third-order valence-corrected chi connectivity index (χ3v) is 5.68. The molecule has 1 heterocycles. The van der Waals surface area contributed by atoms with Crippen molar-refractivity contribution in [2.24, 2.45) is 0 Å². The van der Waals surface area contributed by atoms with Gasteiger partial charge in [-0.15, -0.1) is 0 Å². The molecule has 0 N–H and O–H groups in total. The molecule has 1 saturated heterocycles. The Morgan fingerprint density at radius 3 is 2.17 bits per heavy atom. The van der Waals surface area contributed by atoms with E-state index in [1.54, 1.807) is 18.7 Å². The number of hydrogen-bond acceptors (Lipinski definition) is 4. The van der Waals surface area contributed by atoms with Crippen LogP contribution in [0.2, 0.25) is 25.7 Å². The highest BCUT2D eigenvalue weighted by atomic mass is 28.3. The molecule has 0 aromatic heterocycles. The molecule has 5 nitrogen and oxygen atoms in total. The van der Waals surface area contributed by atoms with Gasteiger partial charge in [0.15, 0.2) is 5.54 Å². The Morgan fingerprint density at radius 2 is 1.67 bits per heavy atom. The van der Waals surface area contributed by atoms with Crippen molar-refractivity contribution in [1.82, 2.24) is 4.90 Å². The molecule has 132 valence electrons. The van der Waals surface area contributed by atoms with Crippen LogP contribution in [0.4, 0.5) is 4.79 Å². The molecule has 24 heavy (non-hydrogen) atoms. The first-order chi connectivity index (χ1) is 11.3. The normalized spacial score (nSPS) is 22.9. The first kappa shape index (κ1) is 18.5. The van der Waals surface area contributed by atoms with Gasteiger partial charge in [0.2, 0.25) is 0 Å². The van der Waals surface area contributed by atoms with E-state index >= 15 is 0 Å². The van der Waals surface area contributed by atoms with Crippen molar-refractivity contribution in [3.8, 4) is 0 Å². The van der Waals surface area contributed by atoms with Crippen LogP contribution in [0.5, 0.6) is 0 Å². The molecule has 1 aliphatic heterocycles. The van der Waals surface area contributed by atoms with E-state index in [0.29, 0.717) is 12.7 Å². The number of esters is 1. The van der Waals surface area contributed by atoms with Crippen LogP contribution < -0.4 is 0 Å². The molecule has 0 saturated carbocycles. The predicted octanol–water partition coefficient (Wildman–Crippen LogP) is 3.84. The molecule has 1 aromatic carbocycles. The van der Waals surface area contributed by atoms with E-state index in [2.05, 4.69) is 19.6 Å². The third kappa shape index (κ3) is 3.48. The molecule has 2 rings (SSSR count). The van der Waals surface area contributed by atoms with E-state index in [1.165, 1.54) is 0 Å². The van der Waals surface area contributed by atoms with Crippen LogP contribution in [0.1, 0.15) is 25.5 Å². The zero-order valence-corrected chi connectivity index (χ0v) is 16.2. The second kappa shape index (κ2) is 6.97. The minimum Gasteiger partial charge on any atom is -0.464 e. The Bertz CT molecular complexity index is 599. The number of amides is 1. The quantitative estimate of drug-likeness (QED) is 0.445. The standard InChI is InChI=1S/C18H27NO4Si/c1-6-22-16(20)18(13-24(3,4)5)15(14-11-9-8-10-12-14)19(18)17(21)23-7-2/h8-12,15H,6-7,13H2,1-5H3/t15-,18+,19?/m1/s1. The SMILES string of the molecule is CCOC(=O)N1[C@H](c2ccccc2)[C@@]1(C[Si](C)(C)C)C(=O)OCC. The number of carbonyl (C=O) groups excluding carboxylic acids is 2. The summed E-state index contributed by atoms with van der Waals surface area (Å²) in [6.45, 7) is 10.7. The van der Waals surface area contributed by atoms with Crippen molar-refractivity contribution in [2.45, 2.75) is 51.1 Å². The Morgan fingerprint density at radius 1 is 1.08 bits per heavy atom. The molecule has 2 atom stereocenters. The molecule has 0 aliphatic carbocycles. The van der Waals surface area contributed by atoms with Crippen LogP contribution in [0.25, 0.3) is 0 Å². The van der Waals surface area contributed by atoms with E-state index in [9.17, 15) is 9.59 Å². The Balaban J connectivity index is 2.47. The maximum atomic E-state index is 12.9. The molecule has 0 unspecified atom stereocenters. The second-order valence-corrected chi connectivity index (χ2v) is 12.7. The highest BCUT2D eigenvalue weighted by Gasteiger charge is 2.73. The first-order valence-electron chi connectivity index (χ1n) is 8.46. The summed E-state index contributed by atoms with van der Waals surface area (Å²) < 4.78 is 10.6. The van der Waals surface area contributed by atoms with Crippen molar-refractivity contribution in [1.29, 1.82) is 0 Å². The highest BCUT2D eigenvalue weighted by Crippen LogP contribution is 2.58. The second-order valence-electron chi connectivity index (χ2n) is 7.26. The number of hydrogen-bond donors (Lipinski definition) is 0. The van der Waals surface area contributed by atoms with Crippen LogP contribution in [0.3, 0.4) is 0 Å². The molecule has 0 bridgehead atoms. The lowest BCUT2D eigenvalue weighted by Gasteiger charge is -2.23. The Hall–Kier alpha value is -1.82. The summed E-state index contributed by atoms with van der Waals surface area (Å²) in [5, 5.41) is 0. The average Bonchev–Trinajstić information content (AvgIpc) is 3.16. The number of nitrogens with zero attached hydrogens (tertiary/aromatic N) is 1. The van der Waals surface area contributed by atoms with Gasteiger partial charge in [0.1, 0.15) is 0 Å². The highest BCUT2D eigenvalue weighted by molar-refractivity contribution is 6.76. The van der Waals surface area contributed by atoms with Gasteiger partial charge in [-0.1, -0.05) is 50.0 Å². The summed E-state index contributed by atoms with van der Waals surface area (Å²) in [4.78, 5) is 26.9. The van der Waals surface area contributed by atoms with Gasteiger partial charge in [-0.25, -0.2) is 9.59 Å². The fourth-order valence-corrected chi connectivity index (χ4v) is 5.51. The monoisotopic (exact) mass is 349 g/mol. The summed E-state index contributed by atoms with van der Waals surface area (Å²) in [6.07, 6.45) is -0.447. The van der Waals surface area contributed by atoms with Crippen LogP contribution in [0.15, 0.2) is 30.3 Å². The van der Waals surface area contributed by atoms with Crippen LogP contribution in [-0.4, -0.2) is 43.8 Å². The maximum Gasteiger partial charge on any atom is 0.411 e. The minimum atomic E-state index is -1.66. The van der Waals surface area contributed by atoms with Crippen molar-refractivity contribution in [3.05, 3.63) is 35.9 Å². The largest absolute Gasteiger partial charge is 0.464 e. The van der Waals surface area contributed by atoms with E-state index in [0.717, 1.165) is 5.56 Å². The summed E-state index contributed by atoms with van der Waals surface area (Å²) in [5.74, 6) is -0.325. The number of rotatable bonds is 6. The van der Waals surface area contributed by atoms with E-state index < -0.39 is 19.7 Å². The molecule has 6 heteroatoms. The number of carbonyl (C=O) groups is 2. The van der Waals surface area contributed by atoms with E-state index in [-0.39, 0.29) is 18.6 Å². The molecule has 0 radical (unpaired) electrons. The van der Waals surface area contributed by atoms with Crippen molar-refractivity contribution < 1.29 is 19.1 Å². The summed E-state index contributed by atoms with van der Waals surface area (Å²) >= 11 is 0. The van der Waals surface area contributed by atoms with Crippen LogP contribution in [0, 0.1) is 0 Å². The van der Waals surface area contributed by atoms with Gasteiger partial charge in [-0.3, -0.25) is 4.90 Å². The fourth-order valence-electron chi connectivity index (χ4n) is 3.38. The third-order valence-electron chi connectivity index (χ3n) is 4.08. The van der Waals surface area contributed by atoms with Gasteiger partial charge < -0.3 is 9.47 Å². The summed E-state index contributed by atoms with van der Waals surface area (Å²) in [7, 11) is -1.66. The molecule has 1 amide bonds. The van der Waals surface area contributed by atoms with Crippen molar-refractivity contribution >= 4 is 20.1 Å². The van der Waals surface area contributed by atoms with Crippen molar-refractivity contribution in [3.63, 3.8) is 0 Å².